The second-order valence-electron chi connectivity index (χ2n) is 6.19. The number of benzene rings is 2. The van der Waals surface area contributed by atoms with Crippen molar-refractivity contribution in [2.75, 3.05) is 26.2 Å². The summed E-state index contributed by atoms with van der Waals surface area (Å²) < 4.78 is 5.59. The van der Waals surface area contributed by atoms with E-state index in [1.54, 1.807) is 0 Å². The molecule has 1 N–H and O–H groups in total. The van der Waals surface area contributed by atoms with Gasteiger partial charge in [-0.25, -0.2) is 0 Å². The lowest BCUT2D eigenvalue weighted by Gasteiger charge is -2.24. The van der Waals surface area contributed by atoms with E-state index in [0.717, 1.165) is 30.2 Å². The minimum Gasteiger partial charge on any atom is -0.492 e. The number of para-hydroxylation sites is 1. The number of halogens is 1. The lowest BCUT2D eigenvalue weighted by Crippen LogP contribution is -2.38. The van der Waals surface area contributed by atoms with Crippen LogP contribution in [0, 0.1) is 0 Å². The summed E-state index contributed by atoms with van der Waals surface area (Å²) >= 11 is 6.10. The van der Waals surface area contributed by atoms with Gasteiger partial charge in [0.15, 0.2) is 0 Å². The van der Waals surface area contributed by atoms with Gasteiger partial charge in [0.05, 0.1) is 13.1 Å². The number of amides is 1. The van der Waals surface area contributed by atoms with Crippen molar-refractivity contribution in [1.82, 2.24) is 10.2 Å². The van der Waals surface area contributed by atoms with Gasteiger partial charge in [0.1, 0.15) is 12.4 Å². The molecule has 1 fully saturated rings. The van der Waals surface area contributed by atoms with Gasteiger partial charge in [-0.1, -0.05) is 41.9 Å². The molecule has 2 aromatic rings. The molecule has 3 rings (SSSR count). The minimum atomic E-state index is 0.0330. The molecule has 0 saturated carbocycles. The normalized spacial score (nSPS) is 17.4. The fourth-order valence-corrected chi connectivity index (χ4v) is 3.42. The maximum Gasteiger partial charge on any atom is 0.234 e. The molecular formula is C20H23ClN2O2. The molecule has 1 aliphatic heterocycles. The van der Waals surface area contributed by atoms with E-state index in [-0.39, 0.29) is 11.9 Å². The van der Waals surface area contributed by atoms with E-state index in [0.29, 0.717) is 19.7 Å². The van der Waals surface area contributed by atoms with Crippen LogP contribution >= 0.6 is 11.6 Å². The number of nitrogens with zero attached hydrogens (tertiary/aromatic N) is 1. The summed E-state index contributed by atoms with van der Waals surface area (Å²) in [7, 11) is 0. The largest absolute Gasteiger partial charge is 0.492 e. The molecular weight excluding hydrogens is 336 g/mol. The standard InChI is InChI=1S/C20H23ClN2O2/c21-17-7-4-6-16(14-17)19-10-5-12-23(19)15-20(24)22-11-13-25-18-8-2-1-3-9-18/h1-4,6-9,14,19H,5,10-13,15H2,(H,22,24). The van der Waals surface area contributed by atoms with Gasteiger partial charge >= 0.3 is 0 Å². The maximum atomic E-state index is 12.2. The lowest BCUT2D eigenvalue weighted by molar-refractivity contribution is -0.122. The van der Waals surface area contributed by atoms with Crippen molar-refractivity contribution in [3.05, 3.63) is 65.2 Å². The van der Waals surface area contributed by atoms with Crippen LogP contribution in [0.15, 0.2) is 54.6 Å². The zero-order chi connectivity index (χ0) is 17.5. The first kappa shape index (κ1) is 17.8. The maximum absolute atomic E-state index is 12.2. The van der Waals surface area contributed by atoms with Crippen LogP contribution in [0.2, 0.25) is 5.02 Å². The molecule has 0 radical (unpaired) electrons. The highest BCUT2D eigenvalue weighted by Crippen LogP contribution is 2.32. The van der Waals surface area contributed by atoms with Crippen LogP contribution in [0.5, 0.6) is 5.75 Å². The number of likely N-dealkylation sites (tertiary alicyclic amines) is 1. The van der Waals surface area contributed by atoms with Gasteiger partial charge in [-0.3, -0.25) is 9.69 Å². The first-order valence-corrected chi connectivity index (χ1v) is 9.04. The van der Waals surface area contributed by atoms with Crippen molar-refractivity contribution >= 4 is 17.5 Å². The van der Waals surface area contributed by atoms with E-state index < -0.39 is 0 Å². The Morgan fingerprint density at radius 3 is 2.84 bits per heavy atom. The number of carbonyl (C=O) groups excluding carboxylic acids is 1. The second-order valence-corrected chi connectivity index (χ2v) is 6.63. The number of ether oxygens (including phenoxy) is 1. The summed E-state index contributed by atoms with van der Waals surface area (Å²) in [6.07, 6.45) is 2.16. The molecule has 1 aliphatic rings. The summed E-state index contributed by atoms with van der Waals surface area (Å²) in [4.78, 5) is 14.4. The number of carbonyl (C=O) groups is 1. The Hall–Kier alpha value is -2.04. The Morgan fingerprint density at radius 2 is 2.04 bits per heavy atom. The van der Waals surface area contributed by atoms with E-state index in [4.69, 9.17) is 16.3 Å². The van der Waals surface area contributed by atoms with Gasteiger partial charge < -0.3 is 10.1 Å². The van der Waals surface area contributed by atoms with Crippen molar-refractivity contribution in [2.24, 2.45) is 0 Å². The molecule has 0 aliphatic carbocycles. The molecule has 1 atom stereocenters. The van der Waals surface area contributed by atoms with Crippen LogP contribution in [0.25, 0.3) is 0 Å². The summed E-state index contributed by atoms with van der Waals surface area (Å²) in [5.74, 6) is 0.850. The first-order valence-electron chi connectivity index (χ1n) is 8.66. The lowest BCUT2D eigenvalue weighted by atomic mass is 10.0. The fraction of sp³-hybridized carbons (Fsp3) is 0.350. The smallest absolute Gasteiger partial charge is 0.234 e. The predicted octanol–water partition coefficient (Wildman–Crippen LogP) is 3.67. The molecule has 0 spiro atoms. The van der Waals surface area contributed by atoms with Crippen molar-refractivity contribution in [2.45, 2.75) is 18.9 Å². The number of rotatable bonds is 7. The molecule has 2 aromatic carbocycles. The van der Waals surface area contributed by atoms with E-state index in [1.807, 2.05) is 48.5 Å². The first-order chi connectivity index (χ1) is 12.2. The van der Waals surface area contributed by atoms with Crippen molar-refractivity contribution in [1.29, 1.82) is 0 Å². The van der Waals surface area contributed by atoms with Crippen LogP contribution in [-0.4, -0.2) is 37.0 Å². The monoisotopic (exact) mass is 358 g/mol. The van der Waals surface area contributed by atoms with E-state index in [2.05, 4.69) is 16.3 Å². The predicted molar refractivity (Wildman–Crippen MR) is 99.9 cm³/mol. The average molecular weight is 359 g/mol. The topological polar surface area (TPSA) is 41.6 Å². The Balaban J connectivity index is 1.44. The molecule has 132 valence electrons. The highest BCUT2D eigenvalue weighted by molar-refractivity contribution is 6.30. The SMILES string of the molecule is O=C(CN1CCCC1c1cccc(Cl)c1)NCCOc1ccccc1. The summed E-state index contributed by atoms with van der Waals surface area (Å²) in [6.45, 7) is 2.31. The third-order valence-electron chi connectivity index (χ3n) is 4.38. The van der Waals surface area contributed by atoms with E-state index >= 15 is 0 Å². The second kappa shape index (κ2) is 8.88. The Bertz CT molecular complexity index is 693. The molecule has 1 unspecified atom stereocenters. The molecule has 0 aromatic heterocycles. The minimum absolute atomic E-state index is 0.0330. The van der Waals surface area contributed by atoms with E-state index in [1.165, 1.54) is 5.56 Å². The van der Waals surface area contributed by atoms with Gasteiger partial charge in [-0.05, 0) is 49.2 Å². The number of hydrogen-bond donors (Lipinski definition) is 1. The van der Waals surface area contributed by atoms with Crippen LogP contribution < -0.4 is 10.1 Å². The van der Waals surface area contributed by atoms with Crippen LogP contribution in [0.3, 0.4) is 0 Å². The third-order valence-corrected chi connectivity index (χ3v) is 4.62. The van der Waals surface area contributed by atoms with Gasteiger partial charge in [-0.2, -0.15) is 0 Å². The van der Waals surface area contributed by atoms with Gasteiger partial charge in [0, 0.05) is 11.1 Å². The van der Waals surface area contributed by atoms with Crippen LogP contribution in [0.4, 0.5) is 0 Å². The molecule has 0 bridgehead atoms. The highest BCUT2D eigenvalue weighted by Gasteiger charge is 2.27. The summed E-state index contributed by atoms with van der Waals surface area (Å²) in [5, 5.41) is 3.67. The third kappa shape index (κ3) is 5.21. The van der Waals surface area contributed by atoms with Gasteiger partial charge in [0.25, 0.3) is 0 Å². The molecule has 1 heterocycles. The molecule has 1 amide bonds. The summed E-state index contributed by atoms with van der Waals surface area (Å²) in [6, 6.07) is 17.8. The molecule has 5 heteroatoms. The zero-order valence-electron chi connectivity index (χ0n) is 14.2. The molecule has 25 heavy (non-hydrogen) atoms. The Labute approximate surface area is 153 Å². The van der Waals surface area contributed by atoms with E-state index in [9.17, 15) is 4.79 Å². The van der Waals surface area contributed by atoms with Crippen LogP contribution in [0.1, 0.15) is 24.4 Å². The van der Waals surface area contributed by atoms with Crippen molar-refractivity contribution < 1.29 is 9.53 Å². The Kier molecular flexibility index (Phi) is 6.31. The summed E-state index contributed by atoms with van der Waals surface area (Å²) in [5.41, 5.74) is 1.19. The molecule has 4 nitrogen and oxygen atoms in total. The average Bonchev–Trinajstić information content (AvgIpc) is 3.08. The Morgan fingerprint density at radius 1 is 1.20 bits per heavy atom. The van der Waals surface area contributed by atoms with Gasteiger partial charge in [-0.15, -0.1) is 0 Å². The van der Waals surface area contributed by atoms with Crippen LogP contribution in [-0.2, 0) is 4.79 Å². The number of nitrogens with one attached hydrogen (secondary N) is 1. The highest BCUT2D eigenvalue weighted by atomic mass is 35.5. The van der Waals surface area contributed by atoms with Crippen molar-refractivity contribution in [3.8, 4) is 5.75 Å². The fourth-order valence-electron chi connectivity index (χ4n) is 3.22. The van der Waals surface area contributed by atoms with Gasteiger partial charge in [0.2, 0.25) is 5.91 Å². The van der Waals surface area contributed by atoms with Crippen molar-refractivity contribution in [3.63, 3.8) is 0 Å². The number of hydrogen-bond acceptors (Lipinski definition) is 3. The quantitative estimate of drug-likeness (QED) is 0.768. The zero-order valence-corrected chi connectivity index (χ0v) is 14.9. The molecule has 1 saturated heterocycles.